The van der Waals surface area contributed by atoms with Crippen LogP contribution in [-0.4, -0.2) is 41.5 Å². The summed E-state index contributed by atoms with van der Waals surface area (Å²) in [5.74, 6) is 2.75. The monoisotopic (exact) mass is 434 g/mol. The molecule has 0 saturated carbocycles. The van der Waals surface area contributed by atoms with Gasteiger partial charge in [-0.3, -0.25) is 9.59 Å². The van der Waals surface area contributed by atoms with E-state index in [0.717, 1.165) is 5.75 Å². The zero-order chi connectivity index (χ0) is 21.6. The summed E-state index contributed by atoms with van der Waals surface area (Å²) in [6, 6.07) is 23.0. The molecular weight excluding hydrogens is 412 g/mol. The Kier molecular flexibility index (Phi) is 6.43. The van der Waals surface area contributed by atoms with Gasteiger partial charge in [0.15, 0.2) is 0 Å². The van der Waals surface area contributed by atoms with E-state index in [-0.39, 0.29) is 11.8 Å². The Morgan fingerprint density at radius 2 is 1.55 bits per heavy atom. The van der Waals surface area contributed by atoms with E-state index in [1.807, 2.05) is 30.3 Å². The molecule has 1 N–H and O–H groups in total. The first-order chi connectivity index (χ1) is 15.1. The lowest BCUT2D eigenvalue weighted by Crippen LogP contribution is -2.44. The van der Waals surface area contributed by atoms with Crippen LogP contribution in [0.5, 0.6) is 17.2 Å². The van der Waals surface area contributed by atoms with Gasteiger partial charge in [-0.2, -0.15) is 0 Å². The number of hydrogen-bond donors (Lipinski definition) is 1. The highest BCUT2D eigenvalue weighted by Gasteiger charge is 2.35. The number of benzene rings is 3. The molecule has 2 amide bonds. The van der Waals surface area contributed by atoms with E-state index in [4.69, 9.17) is 9.47 Å². The van der Waals surface area contributed by atoms with Crippen LogP contribution in [-0.2, 0) is 4.79 Å². The van der Waals surface area contributed by atoms with Gasteiger partial charge in [0.25, 0.3) is 5.91 Å². The Bertz CT molecular complexity index is 1040. The molecule has 3 aromatic rings. The maximum Gasteiger partial charge on any atom is 0.255 e. The van der Waals surface area contributed by atoms with Gasteiger partial charge in [0, 0.05) is 17.0 Å². The fourth-order valence-corrected chi connectivity index (χ4v) is 4.37. The van der Waals surface area contributed by atoms with Crippen molar-refractivity contribution in [2.75, 3.05) is 24.1 Å². The number of methoxy groups -OCH3 is 1. The lowest BCUT2D eigenvalue weighted by Gasteiger charge is -2.23. The Balaban J connectivity index is 1.41. The minimum Gasteiger partial charge on any atom is -0.497 e. The third-order valence-electron chi connectivity index (χ3n) is 4.88. The van der Waals surface area contributed by atoms with Crippen molar-refractivity contribution in [2.45, 2.75) is 6.04 Å². The van der Waals surface area contributed by atoms with E-state index in [2.05, 4.69) is 5.32 Å². The summed E-state index contributed by atoms with van der Waals surface area (Å²) in [5, 5.41) is 2.89. The van der Waals surface area contributed by atoms with Crippen LogP contribution in [0, 0.1) is 0 Å². The molecule has 1 heterocycles. The number of para-hydroxylation sites is 1. The lowest BCUT2D eigenvalue weighted by molar-refractivity contribution is -0.119. The van der Waals surface area contributed by atoms with Crippen LogP contribution in [0.15, 0.2) is 78.9 Å². The number of nitrogens with zero attached hydrogens (tertiary/aromatic N) is 1. The van der Waals surface area contributed by atoms with E-state index >= 15 is 0 Å². The fourth-order valence-electron chi connectivity index (χ4n) is 3.22. The average Bonchev–Trinajstić information content (AvgIpc) is 3.30. The van der Waals surface area contributed by atoms with Crippen LogP contribution in [0.4, 0.5) is 5.69 Å². The number of anilines is 1. The van der Waals surface area contributed by atoms with Crippen molar-refractivity contribution in [1.29, 1.82) is 0 Å². The molecule has 6 nitrogen and oxygen atoms in total. The number of nitrogens with one attached hydrogen (secondary N) is 1. The highest BCUT2D eigenvalue weighted by atomic mass is 32.2. The topological polar surface area (TPSA) is 67.9 Å². The van der Waals surface area contributed by atoms with Crippen molar-refractivity contribution >= 4 is 29.3 Å². The maximum atomic E-state index is 13.0. The number of ether oxygens (including phenoxy) is 2. The zero-order valence-electron chi connectivity index (χ0n) is 17.0. The number of amides is 2. The van der Waals surface area contributed by atoms with Gasteiger partial charge in [-0.1, -0.05) is 18.2 Å². The largest absolute Gasteiger partial charge is 0.497 e. The zero-order valence-corrected chi connectivity index (χ0v) is 17.8. The summed E-state index contributed by atoms with van der Waals surface area (Å²) < 4.78 is 10.9. The van der Waals surface area contributed by atoms with Crippen LogP contribution in [0.1, 0.15) is 10.4 Å². The molecule has 7 heteroatoms. The third-order valence-corrected chi connectivity index (χ3v) is 5.90. The van der Waals surface area contributed by atoms with Gasteiger partial charge in [0.05, 0.1) is 13.0 Å². The molecule has 0 radical (unpaired) electrons. The SMILES string of the molecule is COc1ccc(NC(=O)C2CSCN2C(=O)c2ccc(Oc3ccccc3)cc2)cc1. The number of thioether (sulfide) groups is 1. The Morgan fingerprint density at radius 3 is 2.23 bits per heavy atom. The number of rotatable bonds is 6. The summed E-state index contributed by atoms with van der Waals surface area (Å²) in [4.78, 5) is 27.5. The molecule has 4 rings (SSSR count). The van der Waals surface area contributed by atoms with Crippen LogP contribution in [0.25, 0.3) is 0 Å². The van der Waals surface area contributed by atoms with Crippen molar-refractivity contribution in [3.63, 3.8) is 0 Å². The van der Waals surface area contributed by atoms with Gasteiger partial charge in [0.1, 0.15) is 23.3 Å². The summed E-state index contributed by atoms with van der Waals surface area (Å²) in [6.07, 6.45) is 0. The Morgan fingerprint density at radius 1 is 0.903 bits per heavy atom. The molecule has 1 aliphatic heterocycles. The van der Waals surface area contributed by atoms with Gasteiger partial charge >= 0.3 is 0 Å². The van der Waals surface area contributed by atoms with Gasteiger partial charge in [0.2, 0.25) is 5.91 Å². The second-order valence-corrected chi connectivity index (χ2v) is 7.95. The van der Waals surface area contributed by atoms with Crippen molar-refractivity contribution < 1.29 is 19.1 Å². The maximum absolute atomic E-state index is 13.0. The van der Waals surface area contributed by atoms with E-state index in [1.54, 1.807) is 72.3 Å². The second kappa shape index (κ2) is 9.57. The van der Waals surface area contributed by atoms with Gasteiger partial charge in [-0.15, -0.1) is 11.8 Å². The first-order valence-electron chi connectivity index (χ1n) is 9.80. The smallest absolute Gasteiger partial charge is 0.255 e. The quantitative estimate of drug-likeness (QED) is 0.612. The van der Waals surface area contributed by atoms with Crippen molar-refractivity contribution in [2.24, 2.45) is 0 Å². The molecule has 0 spiro atoms. The van der Waals surface area contributed by atoms with Gasteiger partial charge in [-0.25, -0.2) is 0 Å². The summed E-state index contributed by atoms with van der Waals surface area (Å²) in [6.45, 7) is 0. The lowest BCUT2D eigenvalue weighted by atomic mass is 10.1. The highest BCUT2D eigenvalue weighted by Crippen LogP contribution is 2.26. The number of carbonyl (C=O) groups is 2. The standard InChI is InChI=1S/C24H22N2O4S/c1-29-19-13-9-18(10-14-19)25-23(27)22-15-31-16-26(22)24(28)17-7-11-21(12-8-17)30-20-5-3-2-4-6-20/h2-14,22H,15-16H2,1H3,(H,25,27). The van der Waals surface area contributed by atoms with Crippen molar-refractivity contribution in [3.8, 4) is 17.2 Å². The van der Waals surface area contributed by atoms with E-state index in [1.165, 1.54) is 0 Å². The molecule has 158 valence electrons. The normalized spacial score (nSPS) is 15.4. The first-order valence-corrected chi connectivity index (χ1v) is 11.0. The molecule has 1 fully saturated rings. The minimum atomic E-state index is -0.528. The molecule has 3 aromatic carbocycles. The highest BCUT2D eigenvalue weighted by molar-refractivity contribution is 7.99. The van der Waals surface area contributed by atoms with Crippen LogP contribution in [0.3, 0.4) is 0 Å². The average molecular weight is 435 g/mol. The van der Waals surface area contributed by atoms with E-state index in [0.29, 0.717) is 34.4 Å². The second-order valence-electron chi connectivity index (χ2n) is 6.95. The predicted octanol–water partition coefficient (Wildman–Crippen LogP) is 4.64. The summed E-state index contributed by atoms with van der Waals surface area (Å²) in [5.41, 5.74) is 1.18. The van der Waals surface area contributed by atoms with Crippen molar-refractivity contribution in [3.05, 3.63) is 84.4 Å². The molecule has 1 saturated heterocycles. The molecule has 0 aromatic heterocycles. The molecule has 1 atom stereocenters. The van der Waals surface area contributed by atoms with Gasteiger partial charge < -0.3 is 19.7 Å². The summed E-state index contributed by atoms with van der Waals surface area (Å²) >= 11 is 1.56. The Labute approximate surface area is 185 Å². The van der Waals surface area contributed by atoms with E-state index < -0.39 is 6.04 Å². The fraction of sp³-hybridized carbons (Fsp3) is 0.167. The van der Waals surface area contributed by atoms with Crippen LogP contribution >= 0.6 is 11.8 Å². The molecule has 1 unspecified atom stereocenters. The Hall–Kier alpha value is -3.45. The van der Waals surface area contributed by atoms with E-state index in [9.17, 15) is 9.59 Å². The molecule has 0 aliphatic carbocycles. The van der Waals surface area contributed by atoms with Crippen LogP contribution in [0.2, 0.25) is 0 Å². The molecule has 31 heavy (non-hydrogen) atoms. The predicted molar refractivity (Wildman–Crippen MR) is 122 cm³/mol. The number of carbonyl (C=O) groups excluding carboxylic acids is 2. The summed E-state index contributed by atoms with van der Waals surface area (Å²) in [7, 11) is 1.59. The molecule has 0 bridgehead atoms. The van der Waals surface area contributed by atoms with Crippen molar-refractivity contribution in [1.82, 2.24) is 4.90 Å². The van der Waals surface area contributed by atoms with Gasteiger partial charge in [-0.05, 0) is 60.7 Å². The molecule has 1 aliphatic rings. The minimum absolute atomic E-state index is 0.175. The first kappa shape index (κ1) is 20.8. The van der Waals surface area contributed by atoms with Crippen LogP contribution < -0.4 is 14.8 Å². The number of hydrogen-bond acceptors (Lipinski definition) is 5. The third kappa shape index (κ3) is 5.00. The molecular formula is C24H22N2O4S.